The molecule has 1 saturated heterocycles. The normalized spacial score (nSPS) is 22.1. The number of aliphatic hydroxyl groups is 1. The van der Waals surface area contributed by atoms with Crippen LogP contribution in [0.2, 0.25) is 0 Å². The van der Waals surface area contributed by atoms with Crippen LogP contribution in [0.15, 0.2) is 22.7 Å². The predicted molar refractivity (Wildman–Crippen MR) is 76.5 cm³/mol. The Morgan fingerprint density at radius 1 is 1.60 bits per heavy atom. The summed E-state index contributed by atoms with van der Waals surface area (Å²) in [7, 11) is 0. The molecular formula is C13H15BrN2O4. The number of nitro groups is 1. The second-order valence-corrected chi connectivity index (χ2v) is 5.79. The number of carbonyl (C=O) groups excluding carboxylic acids is 1. The van der Waals surface area contributed by atoms with Crippen LogP contribution >= 0.6 is 15.9 Å². The van der Waals surface area contributed by atoms with Crippen LogP contribution in [0.5, 0.6) is 0 Å². The summed E-state index contributed by atoms with van der Waals surface area (Å²) in [6.45, 7) is 2.46. The van der Waals surface area contributed by atoms with Gasteiger partial charge in [-0.1, -0.05) is 6.92 Å². The van der Waals surface area contributed by atoms with Crippen LogP contribution in [0.25, 0.3) is 0 Å². The van der Waals surface area contributed by atoms with Crippen molar-refractivity contribution in [1.82, 2.24) is 4.90 Å². The van der Waals surface area contributed by atoms with Crippen LogP contribution < -0.4 is 0 Å². The summed E-state index contributed by atoms with van der Waals surface area (Å²) in [6, 6.07) is 4.10. The molecule has 1 amide bonds. The van der Waals surface area contributed by atoms with Crippen molar-refractivity contribution in [2.75, 3.05) is 13.2 Å². The molecule has 20 heavy (non-hydrogen) atoms. The van der Waals surface area contributed by atoms with Crippen LogP contribution in [0.3, 0.4) is 0 Å². The van der Waals surface area contributed by atoms with E-state index >= 15 is 0 Å². The van der Waals surface area contributed by atoms with Crippen molar-refractivity contribution in [2.45, 2.75) is 19.4 Å². The van der Waals surface area contributed by atoms with Gasteiger partial charge in [0, 0.05) is 18.2 Å². The maximum atomic E-state index is 12.4. The highest BCUT2D eigenvalue weighted by atomic mass is 79.9. The Labute approximate surface area is 124 Å². The van der Waals surface area contributed by atoms with Crippen molar-refractivity contribution in [3.8, 4) is 0 Å². The van der Waals surface area contributed by atoms with Gasteiger partial charge in [0.05, 0.1) is 22.0 Å². The van der Waals surface area contributed by atoms with E-state index in [1.807, 2.05) is 6.92 Å². The van der Waals surface area contributed by atoms with E-state index < -0.39 is 4.92 Å². The summed E-state index contributed by atoms with van der Waals surface area (Å²) < 4.78 is 0.340. The van der Waals surface area contributed by atoms with Gasteiger partial charge >= 0.3 is 0 Å². The Hall–Kier alpha value is -1.47. The van der Waals surface area contributed by atoms with Crippen LogP contribution in [-0.2, 0) is 0 Å². The summed E-state index contributed by atoms with van der Waals surface area (Å²) in [4.78, 5) is 24.4. The minimum Gasteiger partial charge on any atom is -0.394 e. The van der Waals surface area contributed by atoms with Gasteiger partial charge in [0.1, 0.15) is 0 Å². The van der Waals surface area contributed by atoms with Crippen LogP contribution in [0, 0.1) is 16.0 Å². The summed E-state index contributed by atoms with van der Waals surface area (Å²) in [5.41, 5.74) is 0.135. The number of aliphatic hydroxyl groups excluding tert-OH is 1. The molecule has 2 atom stereocenters. The Balaban J connectivity index is 2.30. The number of hydrogen-bond donors (Lipinski definition) is 1. The molecule has 0 saturated carbocycles. The van der Waals surface area contributed by atoms with Gasteiger partial charge in [0.15, 0.2) is 0 Å². The molecule has 2 unspecified atom stereocenters. The molecule has 0 spiro atoms. The lowest BCUT2D eigenvalue weighted by atomic mass is 10.0. The lowest BCUT2D eigenvalue weighted by Crippen LogP contribution is -2.39. The van der Waals surface area contributed by atoms with Crippen molar-refractivity contribution in [1.29, 1.82) is 0 Å². The van der Waals surface area contributed by atoms with Gasteiger partial charge in [-0.25, -0.2) is 0 Å². The quantitative estimate of drug-likeness (QED) is 0.674. The molecule has 0 radical (unpaired) electrons. The van der Waals surface area contributed by atoms with E-state index in [1.54, 1.807) is 11.0 Å². The monoisotopic (exact) mass is 342 g/mol. The number of amides is 1. The molecule has 0 aromatic heterocycles. The lowest BCUT2D eigenvalue weighted by Gasteiger charge is -2.25. The number of rotatable bonds is 3. The number of nitrogens with zero attached hydrogens (tertiary/aromatic N) is 2. The third-order valence-electron chi connectivity index (χ3n) is 3.72. The number of halogens is 1. The summed E-state index contributed by atoms with van der Waals surface area (Å²) in [5, 5.41) is 20.3. The smallest absolute Gasteiger partial charge is 0.284 e. The molecule has 1 N–H and O–H groups in total. The number of carbonyl (C=O) groups is 1. The second-order valence-electron chi connectivity index (χ2n) is 4.94. The molecule has 6 nitrogen and oxygen atoms in total. The van der Waals surface area contributed by atoms with Gasteiger partial charge in [-0.2, -0.15) is 0 Å². The molecule has 1 heterocycles. The fraction of sp³-hybridized carbons (Fsp3) is 0.462. The first kappa shape index (κ1) is 14.9. The zero-order valence-electron chi connectivity index (χ0n) is 11.0. The molecule has 108 valence electrons. The molecule has 2 rings (SSSR count). The van der Waals surface area contributed by atoms with Gasteiger partial charge in [-0.15, -0.1) is 0 Å². The standard InChI is InChI=1S/C13H15BrN2O4/c1-8-4-5-15(12(8)7-17)13(18)9-2-3-10(14)11(6-9)16(19)20/h2-3,6,8,12,17H,4-5,7H2,1H3. The summed E-state index contributed by atoms with van der Waals surface area (Å²) in [6.07, 6.45) is 0.829. The van der Waals surface area contributed by atoms with E-state index in [0.29, 0.717) is 11.0 Å². The number of benzene rings is 1. The third-order valence-corrected chi connectivity index (χ3v) is 4.39. The first-order chi connectivity index (χ1) is 9.45. The Kier molecular flexibility index (Phi) is 4.39. The molecule has 1 aromatic carbocycles. The second kappa shape index (κ2) is 5.88. The average Bonchev–Trinajstić information content (AvgIpc) is 2.79. The number of nitro benzene ring substituents is 1. The molecule has 0 aliphatic carbocycles. The molecule has 0 bridgehead atoms. The van der Waals surface area contributed by atoms with Gasteiger partial charge in [-0.3, -0.25) is 14.9 Å². The van der Waals surface area contributed by atoms with Gasteiger partial charge < -0.3 is 10.0 Å². The van der Waals surface area contributed by atoms with Crippen molar-refractivity contribution < 1.29 is 14.8 Å². The predicted octanol–water partition coefficient (Wildman–Crippen LogP) is 2.20. The molecule has 1 fully saturated rings. The molecule has 1 aromatic rings. The Bertz CT molecular complexity index is 549. The van der Waals surface area contributed by atoms with Gasteiger partial charge in [-0.05, 0) is 40.4 Å². The van der Waals surface area contributed by atoms with Crippen molar-refractivity contribution in [2.24, 2.45) is 5.92 Å². The maximum Gasteiger partial charge on any atom is 0.284 e. The van der Waals surface area contributed by atoms with E-state index in [4.69, 9.17) is 0 Å². The molecule has 7 heteroatoms. The van der Waals surface area contributed by atoms with Crippen molar-refractivity contribution >= 4 is 27.5 Å². The minimum absolute atomic E-state index is 0.0917. The lowest BCUT2D eigenvalue weighted by molar-refractivity contribution is -0.385. The van der Waals surface area contributed by atoms with E-state index in [-0.39, 0.29) is 35.7 Å². The number of likely N-dealkylation sites (tertiary alicyclic amines) is 1. The SMILES string of the molecule is CC1CCN(C(=O)c2ccc(Br)c([N+](=O)[O-])c2)C1CO. The third kappa shape index (κ3) is 2.69. The van der Waals surface area contributed by atoms with Gasteiger partial charge in [0.25, 0.3) is 11.6 Å². The molecule has 1 aliphatic heterocycles. The summed E-state index contributed by atoms with van der Waals surface area (Å²) in [5.74, 6) is -0.0432. The zero-order chi connectivity index (χ0) is 14.9. The molecule has 1 aliphatic rings. The maximum absolute atomic E-state index is 12.4. The first-order valence-electron chi connectivity index (χ1n) is 6.31. The van der Waals surface area contributed by atoms with E-state index in [2.05, 4.69) is 15.9 Å². The van der Waals surface area contributed by atoms with Crippen molar-refractivity contribution in [3.63, 3.8) is 0 Å². The van der Waals surface area contributed by atoms with E-state index in [0.717, 1.165) is 6.42 Å². The fourth-order valence-electron chi connectivity index (χ4n) is 2.49. The fourth-order valence-corrected chi connectivity index (χ4v) is 2.88. The first-order valence-corrected chi connectivity index (χ1v) is 7.10. The van der Waals surface area contributed by atoms with Gasteiger partial charge in [0.2, 0.25) is 0 Å². The largest absolute Gasteiger partial charge is 0.394 e. The van der Waals surface area contributed by atoms with Crippen LogP contribution in [0.4, 0.5) is 5.69 Å². The van der Waals surface area contributed by atoms with Crippen LogP contribution in [-0.4, -0.2) is 40.0 Å². The highest BCUT2D eigenvalue weighted by molar-refractivity contribution is 9.10. The Morgan fingerprint density at radius 3 is 2.90 bits per heavy atom. The van der Waals surface area contributed by atoms with Crippen molar-refractivity contribution in [3.05, 3.63) is 38.3 Å². The zero-order valence-corrected chi connectivity index (χ0v) is 12.5. The highest BCUT2D eigenvalue weighted by Gasteiger charge is 2.34. The highest BCUT2D eigenvalue weighted by Crippen LogP contribution is 2.29. The summed E-state index contributed by atoms with van der Waals surface area (Å²) >= 11 is 3.09. The van der Waals surface area contributed by atoms with E-state index in [1.165, 1.54) is 12.1 Å². The average molecular weight is 343 g/mol. The number of hydrogen-bond acceptors (Lipinski definition) is 4. The molecular weight excluding hydrogens is 328 g/mol. The topological polar surface area (TPSA) is 83.7 Å². The minimum atomic E-state index is -0.531. The van der Waals surface area contributed by atoms with Crippen LogP contribution in [0.1, 0.15) is 23.7 Å². The van der Waals surface area contributed by atoms with E-state index in [9.17, 15) is 20.0 Å². The Morgan fingerprint density at radius 2 is 2.30 bits per heavy atom.